The Kier molecular flexibility index (Phi) is 8.14. The minimum absolute atomic E-state index is 0.196. The molecule has 0 aromatic heterocycles. The lowest BCUT2D eigenvalue weighted by atomic mass is 10.0. The first-order chi connectivity index (χ1) is 6.60. The summed E-state index contributed by atoms with van der Waals surface area (Å²) in [6.45, 7) is 6.85. The maximum Gasteiger partial charge on any atom is 0.0584 e. The van der Waals surface area contributed by atoms with Gasteiger partial charge >= 0.3 is 0 Å². The second-order valence-electron chi connectivity index (χ2n) is 4.44. The van der Waals surface area contributed by atoms with Crippen LogP contribution in [0.2, 0.25) is 0 Å². The predicted octanol–water partition coefficient (Wildman–Crippen LogP) is 1.14. The van der Waals surface area contributed by atoms with Crippen molar-refractivity contribution in [1.82, 2.24) is 5.32 Å². The third kappa shape index (κ3) is 7.30. The van der Waals surface area contributed by atoms with Gasteiger partial charge in [-0.25, -0.2) is 0 Å². The molecule has 0 spiro atoms. The average molecular weight is 203 g/mol. The second-order valence-corrected chi connectivity index (χ2v) is 4.44. The molecule has 0 fully saturated rings. The van der Waals surface area contributed by atoms with Crippen LogP contribution in [0.1, 0.15) is 40.0 Å². The van der Waals surface area contributed by atoms with E-state index >= 15 is 0 Å². The van der Waals surface area contributed by atoms with Crippen molar-refractivity contribution >= 4 is 0 Å². The SMILES string of the molecule is CC(C)CC(CO)NC(C)CCCO. The summed E-state index contributed by atoms with van der Waals surface area (Å²) in [7, 11) is 0. The van der Waals surface area contributed by atoms with E-state index in [-0.39, 0.29) is 19.3 Å². The first kappa shape index (κ1) is 13.9. The minimum atomic E-state index is 0.196. The molecule has 2 unspecified atom stereocenters. The fraction of sp³-hybridized carbons (Fsp3) is 1.00. The second kappa shape index (κ2) is 8.21. The molecule has 0 heterocycles. The van der Waals surface area contributed by atoms with Crippen LogP contribution in [0, 0.1) is 5.92 Å². The lowest BCUT2D eigenvalue weighted by molar-refractivity contribution is 0.208. The van der Waals surface area contributed by atoms with Crippen LogP contribution in [0.4, 0.5) is 0 Å². The quantitative estimate of drug-likeness (QED) is 0.554. The summed E-state index contributed by atoms with van der Waals surface area (Å²) in [6, 6.07) is 0.571. The van der Waals surface area contributed by atoms with Gasteiger partial charge in [0.1, 0.15) is 0 Å². The van der Waals surface area contributed by atoms with E-state index in [2.05, 4.69) is 26.1 Å². The van der Waals surface area contributed by atoms with Crippen molar-refractivity contribution in [2.75, 3.05) is 13.2 Å². The lowest BCUT2D eigenvalue weighted by Crippen LogP contribution is -2.39. The predicted molar refractivity (Wildman–Crippen MR) is 59.2 cm³/mol. The summed E-state index contributed by atoms with van der Waals surface area (Å²) >= 11 is 0. The molecule has 2 atom stereocenters. The molecule has 0 radical (unpaired) electrons. The minimum Gasteiger partial charge on any atom is -0.396 e. The van der Waals surface area contributed by atoms with E-state index in [1.54, 1.807) is 0 Å². The molecular formula is C11H25NO2. The standard InChI is InChI=1S/C11H25NO2/c1-9(2)7-11(8-14)12-10(3)5-4-6-13/h9-14H,4-8H2,1-3H3. The van der Waals surface area contributed by atoms with Crippen molar-refractivity contribution in [2.24, 2.45) is 5.92 Å². The molecule has 3 heteroatoms. The van der Waals surface area contributed by atoms with Gasteiger partial charge in [0, 0.05) is 18.7 Å². The molecule has 0 aliphatic carbocycles. The molecule has 3 nitrogen and oxygen atoms in total. The maximum atomic E-state index is 9.14. The Morgan fingerprint density at radius 2 is 1.79 bits per heavy atom. The number of aliphatic hydroxyl groups is 2. The fourth-order valence-corrected chi connectivity index (χ4v) is 1.65. The molecule has 0 saturated heterocycles. The van der Waals surface area contributed by atoms with Gasteiger partial charge in [-0.3, -0.25) is 0 Å². The maximum absolute atomic E-state index is 9.14. The van der Waals surface area contributed by atoms with Gasteiger partial charge in [0.15, 0.2) is 0 Å². The third-order valence-electron chi connectivity index (χ3n) is 2.29. The molecule has 0 saturated carbocycles. The first-order valence-corrected chi connectivity index (χ1v) is 5.57. The molecule has 14 heavy (non-hydrogen) atoms. The summed E-state index contributed by atoms with van der Waals surface area (Å²) in [5, 5.41) is 21.2. The van der Waals surface area contributed by atoms with Crippen molar-refractivity contribution in [1.29, 1.82) is 0 Å². The number of hydrogen-bond donors (Lipinski definition) is 3. The summed E-state index contributed by atoms with van der Waals surface area (Å²) in [4.78, 5) is 0. The molecule has 0 rings (SSSR count). The Morgan fingerprint density at radius 3 is 2.21 bits per heavy atom. The Labute approximate surface area is 87.5 Å². The fourth-order valence-electron chi connectivity index (χ4n) is 1.65. The van der Waals surface area contributed by atoms with Gasteiger partial charge in [-0.15, -0.1) is 0 Å². The number of rotatable bonds is 8. The highest BCUT2D eigenvalue weighted by Crippen LogP contribution is 2.06. The highest BCUT2D eigenvalue weighted by molar-refractivity contribution is 4.71. The van der Waals surface area contributed by atoms with Crippen LogP contribution in [0.5, 0.6) is 0 Å². The zero-order chi connectivity index (χ0) is 11.0. The normalized spacial score (nSPS) is 15.9. The number of nitrogens with one attached hydrogen (secondary N) is 1. The van der Waals surface area contributed by atoms with E-state index in [4.69, 9.17) is 10.2 Å². The monoisotopic (exact) mass is 203 g/mol. The van der Waals surface area contributed by atoms with Gasteiger partial charge in [0.2, 0.25) is 0 Å². The average Bonchev–Trinajstić information content (AvgIpc) is 2.12. The van der Waals surface area contributed by atoms with Crippen molar-refractivity contribution < 1.29 is 10.2 Å². The Bertz CT molecular complexity index is 128. The largest absolute Gasteiger partial charge is 0.396 e. The summed E-state index contributed by atoms with van der Waals surface area (Å²) < 4.78 is 0. The van der Waals surface area contributed by atoms with Crippen LogP contribution in [0.3, 0.4) is 0 Å². The summed E-state index contributed by atoms with van der Waals surface area (Å²) in [5.74, 6) is 0.602. The van der Waals surface area contributed by atoms with E-state index in [1.165, 1.54) is 0 Å². The number of aliphatic hydroxyl groups excluding tert-OH is 2. The first-order valence-electron chi connectivity index (χ1n) is 5.57. The van der Waals surface area contributed by atoms with Crippen LogP contribution in [0.15, 0.2) is 0 Å². The highest BCUT2D eigenvalue weighted by atomic mass is 16.3. The number of hydrogen-bond acceptors (Lipinski definition) is 3. The lowest BCUT2D eigenvalue weighted by Gasteiger charge is -2.22. The summed E-state index contributed by atoms with van der Waals surface area (Å²) in [5.41, 5.74) is 0. The Morgan fingerprint density at radius 1 is 1.14 bits per heavy atom. The van der Waals surface area contributed by atoms with E-state index in [1.807, 2.05) is 0 Å². The van der Waals surface area contributed by atoms with E-state index in [0.717, 1.165) is 19.3 Å². The molecule has 0 amide bonds. The topological polar surface area (TPSA) is 52.5 Å². The molecule has 0 aromatic rings. The van der Waals surface area contributed by atoms with E-state index in [9.17, 15) is 0 Å². The van der Waals surface area contributed by atoms with Crippen LogP contribution in [-0.2, 0) is 0 Å². The van der Waals surface area contributed by atoms with Crippen molar-refractivity contribution in [3.05, 3.63) is 0 Å². The van der Waals surface area contributed by atoms with Gasteiger partial charge in [0.05, 0.1) is 6.61 Å². The molecule has 0 bridgehead atoms. The van der Waals surface area contributed by atoms with Crippen LogP contribution < -0.4 is 5.32 Å². The Hall–Kier alpha value is -0.120. The zero-order valence-corrected chi connectivity index (χ0v) is 9.66. The van der Waals surface area contributed by atoms with Crippen molar-refractivity contribution in [3.8, 4) is 0 Å². The third-order valence-corrected chi connectivity index (χ3v) is 2.29. The zero-order valence-electron chi connectivity index (χ0n) is 9.66. The van der Waals surface area contributed by atoms with Gasteiger partial charge < -0.3 is 15.5 Å². The summed E-state index contributed by atoms with van der Waals surface area (Å²) in [6.07, 6.45) is 2.79. The van der Waals surface area contributed by atoms with E-state index in [0.29, 0.717) is 12.0 Å². The van der Waals surface area contributed by atoms with Crippen LogP contribution in [0.25, 0.3) is 0 Å². The van der Waals surface area contributed by atoms with Crippen LogP contribution >= 0.6 is 0 Å². The van der Waals surface area contributed by atoms with Crippen LogP contribution in [-0.4, -0.2) is 35.5 Å². The molecule has 86 valence electrons. The van der Waals surface area contributed by atoms with Gasteiger partial charge in [-0.1, -0.05) is 13.8 Å². The molecular weight excluding hydrogens is 178 g/mol. The van der Waals surface area contributed by atoms with Crippen molar-refractivity contribution in [3.63, 3.8) is 0 Å². The van der Waals surface area contributed by atoms with Gasteiger partial charge in [-0.05, 0) is 32.1 Å². The smallest absolute Gasteiger partial charge is 0.0584 e. The highest BCUT2D eigenvalue weighted by Gasteiger charge is 2.12. The van der Waals surface area contributed by atoms with Gasteiger partial charge in [0.25, 0.3) is 0 Å². The Balaban J connectivity index is 3.68. The van der Waals surface area contributed by atoms with Gasteiger partial charge in [-0.2, -0.15) is 0 Å². The van der Waals surface area contributed by atoms with E-state index < -0.39 is 0 Å². The molecule has 0 aliphatic heterocycles. The van der Waals surface area contributed by atoms with Crippen molar-refractivity contribution in [2.45, 2.75) is 52.1 Å². The molecule has 0 aromatic carbocycles. The molecule has 3 N–H and O–H groups in total. The molecule has 0 aliphatic rings.